The van der Waals surface area contributed by atoms with E-state index in [1.54, 1.807) is 0 Å². The lowest BCUT2D eigenvalue weighted by molar-refractivity contribution is -0.140. The average Bonchev–Trinajstić information content (AvgIpc) is 2.70. The average molecular weight is 260 g/mol. The fourth-order valence-electron chi connectivity index (χ4n) is 1.80. The summed E-state index contributed by atoms with van der Waals surface area (Å²) in [7, 11) is 0. The van der Waals surface area contributed by atoms with Gasteiger partial charge < -0.3 is 19.8 Å². The number of hydrogen-bond acceptors (Lipinski definition) is 7. The second kappa shape index (κ2) is 4.90. The van der Waals surface area contributed by atoms with E-state index in [1.807, 2.05) is 4.98 Å². The lowest BCUT2D eigenvalue weighted by atomic mass is 10.2. The number of aromatic nitrogens is 2. The molecule has 1 fully saturated rings. The Hall–Kier alpha value is -1.68. The minimum atomic E-state index is -0.919. The first-order valence-corrected chi connectivity index (χ1v) is 5.18. The van der Waals surface area contributed by atoms with Crippen LogP contribution in [0.2, 0.25) is 0 Å². The zero-order valence-electron chi connectivity index (χ0n) is 9.15. The monoisotopic (exact) mass is 260 g/mol. The van der Waals surface area contributed by atoms with Gasteiger partial charge in [0, 0.05) is 6.42 Å². The molecular formula is C9H12N2O7. The standard InChI is InChI=1S/C9H12N2O7/c12-3-6-4(13)1-7(17-6)11-2-5(18-16)8(14)10-9(11)15/h2,4,6-7,12-13,16H,1,3H2,(H,10,14,15)/t4-,6+,7+/m0/s1. The topological polar surface area (TPSA) is 134 Å². The van der Waals surface area contributed by atoms with E-state index in [1.165, 1.54) is 0 Å². The van der Waals surface area contributed by atoms with Gasteiger partial charge in [0.1, 0.15) is 12.3 Å². The van der Waals surface area contributed by atoms with Crippen molar-refractivity contribution in [1.29, 1.82) is 0 Å². The van der Waals surface area contributed by atoms with Crippen molar-refractivity contribution in [1.82, 2.24) is 9.55 Å². The van der Waals surface area contributed by atoms with Gasteiger partial charge in [0.2, 0.25) is 5.75 Å². The molecule has 3 atom stereocenters. The molecule has 0 bridgehead atoms. The lowest BCUT2D eigenvalue weighted by Gasteiger charge is -2.14. The molecular weight excluding hydrogens is 248 g/mol. The summed E-state index contributed by atoms with van der Waals surface area (Å²) in [5.74, 6) is -0.472. The van der Waals surface area contributed by atoms with Gasteiger partial charge in [0.15, 0.2) is 0 Å². The van der Waals surface area contributed by atoms with E-state index in [9.17, 15) is 14.7 Å². The van der Waals surface area contributed by atoms with Crippen molar-refractivity contribution in [3.8, 4) is 5.75 Å². The smallest absolute Gasteiger partial charge is 0.330 e. The van der Waals surface area contributed by atoms with Crippen LogP contribution in [-0.2, 0) is 4.74 Å². The molecule has 1 aromatic heterocycles. The highest BCUT2D eigenvalue weighted by atomic mass is 17.1. The second-order valence-corrected chi connectivity index (χ2v) is 3.87. The predicted octanol–water partition coefficient (Wildman–Crippen LogP) is -1.97. The van der Waals surface area contributed by atoms with Gasteiger partial charge in [-0.05, 0) is 0 Å². The van der Waals surface area contributed by atoms with Crippen molar-refractivity contribution in [2.24, 2.45) is 0 Å². The summed E-state index contributed by atoms with van der Waals surface area (Å²) in [4.78, 5) is 28.4. The SMILES string of the molecule is O=c1[nH]c(=O)n([C@H]2C[C@H](O)[C@@H](CO)O2)cc1OO. The van der Waals surface area contributed by atoms with Gasteiger partial charge in [-0.3, -0.25) is 14.3 Å². The minimum absolute atomic E-state index is 0.0715. The Morgan fingerprint density at radius 2 is 2.28 bits per heavy atom. The zero-order valence-corrected chi connectivity index (χ0v) is 9.15. The molecule has 0 spiro atoms. The maximum absolute atomic E-state index is 11.5. The molecule has 1 saturated heterocycles. The summed E-state index contributed by atoms with van der Waals surface area (Å²) in [5, 5.41) is 26.9. The highest BCUT2D eigenvalue weighted by molar-refractivity contribution is 5.11. The fraction of sp³-hybridized carbons (Fsp3) is 0.556. The van der Waals surface area contributed by atoms with E-state index < -0.39 is 35.4 Å². The number of aliphatic hydroxyl groups is 2. The Kier molecular flexibility index (Phi) is 3.48. The molecule has 0 radical (unpaired) electrons. The molecule has 0 saturated carbocycles. The van der Waals surface area contributed by atoms with Crippen LogP contribution < -0.4 is 16.1 Å². The van der Waals surface area contributed by atoms with Gasteiger partial charge >= 0.3 is 5.69 Å². The van der Waals surface area contributed by atoms with Crippen molar-refractivity contribution in [3.63, 3.8) is 0 Å². The van der Waals surface area contributed by atoms with E-state index in [2.05, 4.69) is 4.89 Å². The molecule has 9 heteroatoms. The van der Waals surface area contributed by atoms with Gasteiger partial charge in [-0.15, -0.1) is 0 Å². The third-order valence-corrected chi connectivity index (χ3v) is 2.73. The number of aromatic amines is 1. The number of nitrogens with zero attached hydrogens (tertiary/aromatic N) is 1. The molecule has 0 aromatic carbocycles. The van der Waals surface area contributed by atoms with Crippen LogP contribution in [0.4, 0.5) is 0 Å². The second-order valence-electron chi connectivity index (χ2n) is 3.87. The Balaban J connectivity index is 2.35. The van der Waals surface area contributed by atoms with Crippen molar-refractivity contribution < 1.29 is 25.1 Å². The molecule has 1 aliphatic rings. The Morgan fingerprint density at radius 1 is 1.56 bits per heavy atom. The largest absolute Gasteiger partial charge is 0.394 e. The predicted molar refractivity (Wildman–Crippen MR) is 56.2 cm³/mol. The van der Waals surface area contributed by atoms with Gasteiger partial charge in [-0.2, -0.15) is 0 Å². The molecule has 100 valence electrons. The molecule has 1 aliphatic heterocycles. The molecule has 18 heavy (non-hydrogen) atoms. The van der Waals surface area contributed by atoms with Gasteiger partial charge in [0.25, 0.3) is 5.56 Å². The van der Waals surface area contributed by atoms with Crippen LogP contribution in [0.5, 0.6) is 5.75 Å². The molecule has 0 unspecified atom stereocenters. The van der Waals surface area contributed by atoms with Crippen LogP contribution in [-0.4, -0.2) is 43.8 Å². The molecule has 9 nitrogen and oxygen atoms in total. The van der Waals surface area contributed by atoms with Crippen LogP contribution >= 0.6 is 0 Å². The first-order chi connectivity index (χ1) is 8.56. The third-order valence-electron chi connectivity index (χ3n) is 2.73. The summed E-state index contributed by atoms with van der Waals surface area (Å²) in [6.45, 7) is -0.390. The van der Waals surface area contributed by atoms with E-state index in [0.717, 1.165) is 10.8 Å². The first kappa shape index (κ1) is 12.8. The van der Waals surface area contributed by atoms with Crippen LogP contribution in [0.1, 0.15) is 12.6 Å². The zero-order chi connectivity index (χ0) is 13.3. The molecule has 0 aliphatic carbocycles. The maximum atomic E-state index is 11.5. The highest BCUT2D eigenvalue weighted by Crippen LogP contribution is 2.27. The Morgan fingerprint density at radius 3 is 2.83 bits per heavy atom. The maximum Gasteiger partial charge on any atom is 0.330 e. The summed E-state index contributed by atoms with van der Waals surface area (Å²) < 4.78 is 6.20. The Bertz CT molecular complexity index is 536. The van der Waals surface area contributed by atoms with Gasteiger partial charge in [-0.25, -0.2) is 10.1 Å². The van der Waals surface area contributed by atoms with Crippen LogP contribution in [0.25, 0.3) is 0 Å². The van der Waals surface area contributed by atoms with E-state index in [4.69, 9.17) is 15.1 Å². The number of H-pyrrole nitrogens is 1. The van der Waals surface area contributed by atoms with Crippen LogP contribution in [0, 0.1) is 0 Å². The quantitative estimate of drug-likeness (QED) is 0.366. The molecule has 0 amide bonds. The van der Waals surface area contributed by atoms with Crippen LogP contribution in [0.15, 0.2) is 15.8 Å². The molecule has 2 rings (SSSR count). The molecule has 1 aromatic rings. The lowest BCUT2D eigenvalue weighted by Crippen LogP contribution is -2.33. The minimum Gasteiger partial charge on any atom is -0.394 e. The number of aliphatic hydroxyl groups excluding tert-OH is 2. The van der Waals surface area contributed by atoms with E-state index in [-0.39, 0.29) is 13.0 Å². The number of nitrogens with one attached hydrogen (secondary N) is 1. The molecule has 4 N–H and O–H groups in total. The molecule has 2 heterocycles. The summed E-state index contributed by atoms with van der Waals surface area (Å²) in [5.41, 5.74) is -1.65. The number of ether oxygens (including phenoxy) is 1. The highest BCUT2D eigenvalue weighted by Gasteiger charge is 2.35. The van der Waals surface area contributed by atoms with Crippen molar-refractivity contribution in [2.45, 2.75) is 24.9 Å². The first-order valence-electron chi connectivity index (χ1n) is 5.18. The van der Waals surface area contributed by atoms with E-state index >= 15 is 0 Å². The van der Waals surface area contributed by atoms with Crippen molar-refractivity contribution in [2.75, 3.05) is 6.61 Å². The number of rotatable bonds is 3. The third kappa shape index (κ3) is 2.16. The summed E-state index contributed by atoms with van der Waals surface area (Å²) in [6.07, 6.45) is -1.53. The van der Waals surface area contributed by atoms with Gasteiger partial charge in [0.05, 0.1) is 18.9 Å². The summed E-state index contributed by atoms with van der Waals surface area (Å²) in [6, 6.07) is 0. The Labute approximate surface area is 99.8 Å². The van der Waals surface area contributed by atoms with Crippen molar-refractivity contribution in [3.05, 3.63) is 27.0 Å². The summed E-state index contributed by atoms with van der Waals surface area (Å²) >= 11 is 0. The van der Waals surface area contributed by atoms with E-state index in [0.29, 0.717) is 0 Å². The number of hydrogen-bond donors (Lipinski definition) is 4. The normalized spacial score (nSPS) is 27.4. The van der Waals surface area contributed by atoms with Gasteiger partial charge in [-0.1, -0.05) is 0 Å². The fourth-order valence-corrected chi connectivity index (χ4v) is 1.80. The van der Waals surface area contributed by atoms with Crippen LogP contribution in [0.3, 0.4) is 0 Å². The van der Waals surface area contributed by atoms with Crippen molar-refractivity contribution >= 4 is 0 Å².